The summed E-state index contributed by atoms with van der Waals surface area (Å²) in [7, 11) is 0. The molecule has 0 saturated heterocycles. The van der Waals surface area contributed by atoms with E-state index in [1.807, 2.05) is 38.1 Å². The van der Waals surface area contributed by atoms with Crippen LogP contribution in [0.25, 0.3) is 21.1 Å². The van der Waals surface area contributed by atoms with E-state index in [1.54, 1.807) is 12.1 Å². The van der Waals surface area contributed by atoms with Gasteiger partial charge < -0.3 is 15.8 Å². The molecule has 2 amide bonds. The van der Waals surface area contributed by atoms with E-state index < -0.39 is 6.03 Å². The summed E-state index contributed by atoms with van der Waals surface area (Å²) >= 11 is 1.48. The van der Waals surface area contributed by atoms with Gasteiger partial charge in [0.15, 0.2) is 0 Å². The molecule has 0 bridgehead atoms. The highest BCUT2D eigenvalue weighted by molar-refractivity contribution is 7.17. The van der Waals surface area contributed by atoms with Gasteiger partial charge in [-0.1, -0.05) is 29.5 Å². The Morgan fingerprint density at radius 1 is 1.29 bits per heavy atom. The molecule has 0 radical (unpaired) electrons. The Morgan fingerprint density at radius 2 is 2.10 bits per heavy atom. The molecule has 1 aliphatic carbocycles. The zero-order valence-electron chi connectivity index (χ0n) is 17.4. The van der Waals surface area contributed by atoms with Crippen molar-refractivity contribution in [3.05, 3.63) is 53.1 Å². The van der Waals surface area contributed by atoms with Gasteiger partial charge in [0.1, 0.15) is 21.8 Å². The Hall–Kier alpha value is -3.44. The van der Waals surface area contributed by atoms with Crippen LogP contribution in [0.2, 0.25) is 0 Å². The second kappa shape index (κ2) is 8.74. The molecule has 8 heteroatoms. The first kappa shape index (κ1) is 20.8. The van der Waals surface area contributed by atoms with E-state index in [2.05, 4.69) is 21.6 Å². The third-order valence-corrected chi connectivity index (χ3v) is 6.19. The van der Waals surface area contributed by atoms with E-state index in [1.165, 1.54) is 16.9 Å². The third-order valence-electron chi connectivity index (χ3n) is 5.19. The number of carbonyl (C=O) groups excluding carboxylic acids is 1. The molecule has 1 heterocycles. The molecule has 3 N–H and O–H groups in total. The minimum Gasteiger partial charge on any atom is -0.490 e. The number of nitrogens with one attached hydrogen (secondary N) is 1. The van der Waals surface area contributed by atoms with Gasteiger partial charge in [-0.3, -0.25) is 0 Å². The van der Waals surface area contributed by atoms with Crippen molar-refractivity contribution in [2.75, 3.05) is 0 Å². The number of nitriles is 1. The van der Waals surface area contributed by atoms with Gasteiger partial charge >= 0.3 is 6.03 Å². The summed E-state index contributed by atoms with van der Waals surface area (Å²) in [5, 5.41) is 22.7. The second-order valence-corrected chi connectivity index (χ2v) is 8.71. The lowest BCUT2D eigenvalue weighted by atomic mass is 9.85. The van der Waals surface area contributed by atoms with Crippen LogP contribution in [0.1, 0.15) is 49.4 Å². The Labute approximate surface area is 184 Å². The smallest absolute Gasteiger partial charge is 0.312 e. The zero-order chi connectivity index (χ0) is 22.0. The summed E-state index contributed by atoms with van der Waals surface area (Å²) in [6, 6.07) is 13.1. The Kier molecular flexibility index (Phi) is 5.87. The predicted octanol–water partition coefficient (Wildman–Crippen LogP) is 4.58. The van der Waals surface area contributed by atoms with Crippen LogP contribution < -0.4 is 15.8 Å². The molecule has 3 aromatic rings. The van der Waals surface area contributed by atoms with E-state index in [0.29, 0.717) is 11.3 Å². The highest BCUT2D eigenvalue weighted by Gasteiger charge is 2.24. The maximum Gasteiger partial charge on any atom is 0.312 e. The van der Waals surface area contributed by atoms with Crippen LogP contribution in [0.5, 0.6) is 5.75 Å². The highest BCUT2D eigenvalue weighted by Crippen LogP contribution is 2.39. The SMILES string of the molecule is CC(C)Oc1ccc(-c2nnc(-c3cccc4c3CCCC4NC(N)=O)s2)cc1C#N. The Morgan fingerprint density at radius 3 is 2.84 bits per heavy atom. The molecule has 0 spiro atoms. The van der Waals surface area contributed by atoms with Crippen molar-refractivity contribution >= 4 is 17.4 Å². The number of carbonyl (C=O) groups is 1. The fraction of sp³-hybridized carbons (Fsp3) is 0.304. The van der Waals surface area contributed by atoms with Gasteiger partial charge in [0, 0.05) is 11.1 Å². The van der Waals surface area contributed by atoms with E-state index in [9.17, 15) is 10.1 Å². The van der Waals surface area contributed by atoms with Crippen LogP contribution >= 0.6 is 11.3 Å². The van der Waals surface area contributed by atoms with Gasteiger partial charge in [-0.15, -0.1) is 10.2 Å². The average molecular weight is 434 g/mol. The molecule has 0 aliphatic heterocycles. The topological polar surface area (TPSA) is 114 Å². The maximum atomic E-state index is 11.4. The number of benzene rings is 2. The molecule has 0 fully saturated rings. The van der Waals surface area contributed by atoms with Gasteiger partial charge in [-0.2, -0.15) is 5.26 Å². The first-order chi connectivity index (χ1) is 15.0. The second-order valence-electron chi connectivity index (χ2n) is 7.73. The molecule has 2 aromatic carbocycles. The fourth-order valence-corrected chi connectivity index (χ4v) is 4.82. The van der Waals surface area contributed by atoms with Gasteiger partial charge in [0.25, 0.3) is 0 Å². The summed E-state index contributed by atoms with van der Waals surface area (Å²) < 4.78 is 5.71. The van der Waals surface area contributed by atoms with E-state index in [4.69, 9.17) is 10.5 Å². The first-order valence-electron chi connectivity index (χ1n) is 10.2. The monoisotopic (exact) mass is 433 g/mol. The number of primary amides is 1. The van der Waals surface area contributed by atoms with Crippen LogP contribution in [0.3, 0.4) is 0 Å². The summed E-state index contributed by atoms with van der Waals surface area (Å²) in [6.07, 6.45) is 2.73. The summed E-state index contributed by atoms with van der Waals surface area (Å²) in [6.45, 7) is 3.85. The van der Waals surface area contributed by atoms with E-state index >= 15 is 0 Å². The lowest BCUT2D eigenvalue weighted by molar-refractivity contribution is 0.241. The lowest BCUT2D eigenvalue weighted by Crippen LogP contribution is -2.35. The van der Waals surface area contributed by atoms with Crippen LogP contribution in [0.4, 0.5) is 4.79 Å². The van der Waals surface area contributed by atoms with Gasteiger partial charge in [-0.05, 0) is 62.4 Å². The molecule has 0 saturated carbocycles. The van der Waals surface area contributed by atoms with Crippen LogP contribution in [-0.4, -0.2) is 22.3 Å². The minimum atomic E-state index is -0.514. The third kappa shape index (κ3) is 4.37. The molecular weight excluding hydrogens is 410 g/mol. The number of rotatable bonds is 5. The van der Waals surface area contributed by atoms with Gasteiger partial charge in [0.05, 0.1) is 17.7 Å². The summed E-state index contributed by atoms with van der Waals surface area (Å²) in [5.74, 6) is 0.566. The van der Waals surface area contributed by atoms with Crippen molar-refractivity contribution < 1.29 is 9.53 Å². The van der Waals surface area contributed by atoms with Crippen LogP contribution in [0.15, 0.2) is 36.4 Å². The van der Waals surface area contributed by atoms with Crippen molar-refractivity contribution in [2.24, 2.45) is 5.73 Å². The van der Waals surface area contributed by atoms with Crippen LogP contribution in [0, 0.1) is 11.3 Å². The molecule has 1 atom stereocenters. The van der Waals surface area contributed by atoms with Crippen molar-refractivity contribution in [1.82, 2.24) is 15.5 Å². The molecule has 4 rings (SSSR count). The number of fused-ring (bicyclic) bond motifs is 1. The predicted molar refractivity (Wildman–Crippen MR) is 120 cm³/mol. The maximum absolute atomic E-state index is 11.4. The molecule has 31 heavy (non-hydrogen) atoms. The van der Waals surface area contributed by atoms with Gasteiger partial charge in [0.2, 0.25) is 0 Å². The Balaban J connectivity index is 1.68. The minimum absolute atomic E-state index is 0.0109. The number of hydrogen-bond donors (Lipinski definition) is 2. The molecular formula is C23H23N5O2S. The quantitative estimate of drug-likeness (QED) is 0.611. The molecule has 1 aliphatic rings. The van der Waals surface area contributed by atoms with Crippen molar-refractivity contribution in [3.63, 3.8) is 0 Å². The zero-order valence-corrected chi connectivity index (χ0v) is 18.2. The number of urea groups is 1. The van der Waals surface area contributed by atoms with Crippen LogP contribution in [-0.2, 0) is 6.42 Å². The van der Waals surface area contributed by atoms with Gasteiger partial charge in [-0.25, -0.2) is 4.79 Å². The Bertz CT molecular complexity index is 1170. The van der Waals surface area contributed by atoms with Crippen molar-refractivity contribution in [2.45, 2.75) is 45.3 Å². The number of nitrogens with zero attached hydrogens (tertiary/aromatic N) is 3. The largest absolute Gasteiger partial charge is 0.490 e. The normalized spacial score (nSPS) is 15.2. The molecule has 158 valence electrons. The first-order valence-corrected chi connectivity index (χ1v) is 11.0. The lowest BCUT2D eigenvalue weighted by Gasteiger charge is -2.27. The summed E-state index contributed by atoms with van der Waals surface area (Å²) in [5.41, 5.74) is 9.94. The standard InChI is InChI=1S/C23H23N5O2S/c1-13(2)30-20-10-9-14(11-15(20)12-24)21-27-28-22(31-21)18-7-3-6-17-16(18)5-4-8-19(17)26-23(25)29/h3,6-7,9-11,13,19H,4-5,8H2,1-2H3,(H3,25,26,29). The number of amides is 2. The average Bonchev–Trinajstić information content (AvgIpc) is 3.23. The van der Waals surface area contributed by atoms with E-state index in [0.717, 1.165) is 46.0 Å². The van der Waals surface area contributed by atoms with Crippen molar-refractivity contribution in [3.8, 4) is 33.0 Å². The fourth-order valence-electron chi connectivity index (χ4n) is 3.93. The summed E-state index contributed by atoms with van der Waals surface area (Å²) in [4.78, 5) is 11.4. The number of nitrogens with two attached hydrogens (primary N) is 1. The van der Waals surface area contributed by atoms with E-state index in [-0.39, 0.29) is 12.1 Å². The number of aromatic nitrogens is 2. The molecule has 7 nitrogen and oxygen atoms in total. The number of ether oxygens (including phenoxy) is 1. The molecule has 1 unspecified atom stereocenters. The molecule has 1 aromatic heterocycles. The van der Waals surface area contributed by atoms with Crippen molar-refractivity contribution in [1.29, 1.82) is 5.26 Å². The highest BCUT2D eigenvalue weighted by atomic mass is 32.1. The number of hydrogen-bond acceptors (Lipinski definition) is 6.